The molecule has 0 aliphatic carbocycles. The maximum absolute atomic E-state index is 5.43. The quantitative estimate of drug-likeness (QED) is 0.112. The molecular weight excluding hydrogens is 1220 g/mol. The molecule has 4 heterocycles. The molecule has 14 aromatic carbocycles. The van der Waals surface area contributed by atoms with Crippen molar-refractivity contribution in [2.45, 2.75) is 0 Å². The predicted molar refractivity (Wildman–Crippen MR) is 409 cm³/mol. The summed E-state index contributed by atoms with van der Waals surface area (Å²) in [6.07, 6.45) is 3.74. The van der Waals surface area contributed by atoms with Crippen LogP contribution in [0.1, 0.15) is 0 Å². The van der Waals surface area contributed by atoms with Crippen molar-refractivity contribution >= 4 is 43.4 Å². The molecule has 0 spiro atoms. The zero-order valence-corrected chi connectivity index (χ0v) is 54.1. The van der Waals surface area contributed by atoms with Crippen LogP contribution in [-0.4, -0.2) is 39.9 Å². The average molecular weight is 1280 g/mol. The fourth-order valence-corrected chi connectivity index (χ4v) is 14.1. The first-order valence-corrected chi connectivity index (χ1v) is 33.5. The lowest BCUT2D eigenvalue weighted by molar-refractivity contribution is 1.07. The first-order chi connectivity index (χ1) is 49.6. The summed E-state index contributed by atoms with van der Waals surface area (Å²) in [5.74, 6) is 3.54. The molecule has 8 nitrogen and oxygen atoms in total. The van der Waals surface area contributed by atoms with Crippen LogP contribution in [0.15, 0.2) is 352 Å². The van der Waals surface area contributed by atoms with Crippen LogP contribution in [0.3, 0.4) is 0 Å². The summed E-state index contributed by atoms with van der Waals surface area (Å²) in [6.45, 7) is 0. The first kappa shape index (κ1) is 59.0. The van der Waals surface area contributed by atoms with Crippen LogP contribution in [0.5, 0.6) is 0 Å². The van der Waals surface area contributed by atoms with Gasteiger partial charge in [-0.2, -0.15) is 0 Å². The fraction of sp³-hybridized carbons (Fsp3) is 0. The molecule has 0 bridgehead atoms. The molecule has 466 valence electrons. The summed E-state index contributed by atoms with van der Waals surface area (Å²) < 4.78 is 0. The lowest BCUT2D eigenvalue weighted by Crippen LogP contribution is -2.01. The molecule has 0 amide bonds. The van der Waals surface area contributed by atoms with Crippen molar-refractivity contribution in [3.05, 3.63) is 352 Å². The second-order valence-electron chi connectivity index (χ2n) is 24.9. The topological polar surface area (TPSA) is 103 Å². The van der Waals surface area contributed by atoms with Crippen LogP contribution >= 0.6 is 0 Å². The van der Waals surface area contributed by atoms with Gasteiger partial charge in [0, 0.05) is 56.5 Å². The summed E-state index contributed by atoms with van der Waals surface area (Å²) in [5.41, 5.74) is 22.7. The standard InChI is InChI=1S/C92H58N8/c1-4-20-66(21-5-1)87-95-88(67-22-6-2-7-23-67)97-90(96-87)69-50-46-65(47-51-69)86-75(63-40-36-60(37-41-63)71-30-17-35-84-80(71)33-18-57-93-84)54-55-78-76(31-16-32-81(78)86)77-27-12-13-29-82(77)92-99-89(68-24-8-3-9-25-68)98-91(100-92)70-48-44-64(45-49-70)85-73-26-11-10-19-59(73)52-53-74(85)62-42-38-61(39-43-62)72-56-58-94-83-34-15-14-28-79(72)83/h1-58H. The molecule has 0 saturated heterocycles. The maximum atomic E-state index is 5.43. The minimum absolute atomic E-state index is 0.568. The van der Waals surface area contributed by atoms with Crippen molar-refractivity contribution < 1.29 is 0 Å². The molecule has 18 rings (SSSR count). The lowest BCUT2D eigenvalue weighted by atomic mass is 9.86. The highest BCUT2D eigenvalue weighted by Crippen LogP contribution is 2.46. The Morgan fingerprint density at radius 2 is 0.500 bits per heavy atom. The van der Waals surface area contributed by atoms with E-state index >= 15 is 0 Å². The monoisotopic (exact) mass is 1270 g/mol. The summed E-state index contributed by atoms with van der Waals surface area (Å²) in [6, 6.07) is 119. The van der Waals surface area contributed by atoms with Gasteiger partial charge in [-0.05, 0) is 124 Å². The fourth-order valence-electron chi connectivity index (χ4n) is 14.1. The minimum Gasteiger partial charge on any atom is -0.256 e. The van der Waals surface area contributed by atoms with E-state index in [2.05, 4.69) is 259 Å². The van der Waals surface area contributed by atoms with Gasteiger partial charge in [-0.15, -0.1) is 0 Å². The molecule has 0 atom stereocenters. The molecule has 0 unspecified atom stereocenters. The van der Waals surface area contributed by atoms with E-state index in [1.165, 1.54) is 10.8 Å². The van der Waals surface area contributed by atoms with E-state index in [0.29, 0.717) is 34.9 Å². The van der Waals surface area contributed by atoms with Crippen molar-refractivity contribution in [3.8, 4) is 146 Å². The second-order valence-corrected chi connectivity index (χ2v) is 24.9. The lowest BCUT2D eigenvalue weighted by Gasteiger charge is -2.18. The van der Waals surface area contributed by atoms with E-state index in [9.17, 15) is 0 Å². The molecule has 100 heavy (non-hydrogen) atoms. The van der Waals surface area contributed by atoms with E-state index in [1.54, 1.807) is 0 Å². The van der Waals surface area contributed by atoms with Crippen LogP contribution in [0.25, 0.3) is 190 Å². The van der Waals surface area contributed by atoms with E-state index in [1.807, 2.05) is 103 Å². The minimum atomic E-state index is 0.568. The summed E-state index contributed by atoms with van der Waals surface area (Å²) in [7, 11) is 0. The van der Waals surface area contributed by atoms with Gasteiger partial charge in [-0.3, -0.25) is 9.97 Å². The van der Waals surface area contributed by atoms with Crippen molar-refractivity contribution in [3.63, 3.8) is 0 Å². The third-order valence-electron chi connectivity index (χ3n) is 19.0. The molecule has 0 fully saturated rings. The molecule has 0 aliphatic heterocycles. The summed E-state index contributed by atoms with van der Waals surface area (Å²) >= 11 is 0. The van der Waals surface area contributed by atoms with Crippen molar-refractivity contribution in [1.82, 2.24) is 39.9 Å². The van der Waals surface area contributed by atoms with Gasteiger partial charge in [0.2, 0.25) is 0 Å². The number of benzene rings is 14. The van der Waals surface area contributed by atoms with Gasteiger partial charge in [0.05, 0.1) is 11.0 Å². The van der Waals surface area contributed by atoms with Crippen molar-refractivity contribution in [2.75, 3.05) is 0 Å². The molecule has 0 N–H and O–H groups in total. The molecular formula is C92H58N8. The van der Waals surface area contributed by atoms with Crippen LogP contribution in [0.2, 0.25) is 0 Å². The highest BCUT2D eigenvalue weighted by atomic mass is 15.0. The van der Waals surface area contributed by atoms with Crippen molar-refractivity contribution in [2.24, 2.45) is 0 Å². The van der Waals surface area contributed by atoms with Gasteiger partial charge >= 0.3 is 0 Å². The zero-order chi connectivity index (χ0) is 66.3. The normalized spacial score (nSPS) is 11.4. The molecule has 18 aromatic rings. The number of aromatic nitrogens is 8. The Morgan fingerprint density at radius 1 is 0.150 bits per heavy atom. The Kier molecular flexibility index (Phi) is 15.1. The Labute approximate surface area is 578 Å². The summed E-state index contributed by atoms with van der Waals surface area (Å²) in [4.78, 5) is 40.5. The average Bonchev–Trinajstić information content (AvgIpc) is 0.759. The van der Waals surface area contributed by atoms with Crippen LogP contribution in [0, 0.1) is 0 Å². The van der Waals surface area contributed by atoms with Crippen molar-refractivity contribution in [1.29, 1.82) is 0 Å². The molecule has 8 heteroatoms. The Morgan fingerprint density at radius 3 is 1.06 bits per heavy atom. The van der Waals surface area contributed by atoms with Crippen LogP contribution in [0.4, 0.5) is 0 Å². The Hall–Kier alpha value is -13.6. The number of para-hydroxylation sites is 1. The number of pyridine rings is 2. The van der Waals surface area contributed by atoms with Gasteiger partial charge < -0.3 is 0 Å². The van der Waals surface area contributed by atoms with Crippen LogP contribution in [-0.2, 0) is 0 Å². The maximum Gasteiger partial charge on any atom is 0.164 e. The number of hydrogen-bond acceptors (Lipinski definition) is 8. The van der Waals surface area contributed by atoms with Crippen LogP contribution < -0.4 is 0 Å². The third kappa shape index (κ3) is 11.1. The number of hydrogen-bond donors (Lipinski definition) is 0. The molecule has 0 aliphatic rings. The largest absolute Gasteiger partial charge is 0.256 e. The van der Waals surface area contributed by atoms with E-state index in [4.69, 9.17) is 29.9 Å². The number of nitrogens with zero attached hydrogens (tertiary/aromatic N) is 8. The molecule has 4 aromatic heterocycles. The second kappa shape index (κ2) is 25.5. The first-order valence-electron chi connectivity index (χ1n) is 33.5. The highest BCUT2D eigenvalue weighted by Gasteiger charge is 2.22. The van der Waals surface area contributed by atoms with Gasteiger partial charge in [-0.1, -0.05) is 315 Å². The highest BCUT2D eigenvalue weighted by molar-refractivity contribution is 6.11. The third-order valence-corrected chi connectivity index (χ3v) is 19.0. The SMILES string of the molecule is c1ccc(-c2nc(-c3ccccc3)nc(-c3ccc(-c4c(-c5ccc(-c6cccc7ncccc67)cc5)ccc5c(-c6ccccc6-c6nc(-c7ccccc7)nc(-c7ccc(-c8c(-c9ccc(-c%10ccnc%11ccccc%10%11)cc9)ccc9ccccc89)cc7)n6)cccc45)cc3)n2)cc1. The van der Waals surface area contributed by atoms with Gasteiger partial charge in [-0.25, -0.2) is 29.9 Å². The molecule has 0 radical (unpaired) electrons. The van der Waals surface area contributed by atoms with Gasteiger partial charge in [0.1, 0.15) is 0 Å². The predicted octanol–water partition coefficient (Wildman–Crippen LogP) is 23.1. The Bertz CT molecular complexity index is 6040. The van der Waals surface area contributed by atoms with E-state index in [-0.39, 0.29) is 0 Å². The molecule has 0 saturated carbocycles. The smallest absolute Gasteiger partial charge is 0.164 e. The van der Waals surface area contributed by atoms with Gasteiger partial charge in [0.15, 0.2) is 34.9 Å². The number of rotatable bonds is 13. The zero-order valence-electron chi connectivity index (χ0n) is 54.1. The Balaban J connectivity index is 0.747. The van der Waals surface area contributed by atoms with E-state index in [0.717, 1.165) is 144 Å². The van der Waals surface area contributed by atoms with E-state index < -0.39 is 0 Å². The van der Waals surface area contributed by atoms with Gasteiger partial charge in [0.25, 0.3) is 0 Å². The summed E-state index contributed by atoms with van der Waals surface area (Å²) in [5, 5.41) is 6.76. The number of fused-ring (bicyclic) bond motifs is 4.